The summed E-state index contributed by atoms with van der Waals surface area (Å²) in [6, 6.07) is 8.16. The van der Waals surface area contributed by atoms with E-state index < -0.39 is 0 Å². The van der Waals surface area contributed by atoms with Gasteiger partial charge in [0.15, 0.2) is 0 Å². The third kappa shape index (κ3) is 5.52. The van der Waals surface area contributed by atoms with Crippen LogP contribution in [0.25, 0.3) is 5.69 Å². The maximum Gasteiger partial charge on any atom is 0.125 e. The molecule has 2 aromatic rings. The third-order valence-electron chi connectivity index (χ3n) is 6.89. The van der Waals surface area contributed by atoms with E-state index in [1.807, 2.05) is 18.5 Å². The van der Waals surface area contributed by atoms with Crippen LogP contribution in [0.15, 0.2) is 36.7 Å². The highest BCUT2D eigenvalue weighted by Crippen LogP contribution is 2.25. The molecule has 1 N–H and O–H groups in total. The van der Waals surface area contributed by atoms with Crippen molar-refractivity contribution in [2.75, 3.05) is 39.3 Å². The number of likely N-dealkylation sites (tertiary alicyclic amines) is 1. The van der Waals surface area contributed by atoms with Crippen LogP contribution in [-0.2, 0) is 6.54 Å². The zero-order valence-electron chi connectivity index (χ0n) is 18.8. The van der Waals surface area contributed by atoms with Crippen LogP contribution >= 0.6 is 0 Å². The number of nitrogens with zero attached hydrogens (tertiary/aromatic N) is 5. The van der Waals surface area contributed by atoms with Gasteiger partial charge in [0.1, 0.15) is 5.82 Å². The van der Waals surface area contributed by atoms with Crippen molar-refractivity contribution in [2.45, 2.75) is 57.8 Å². The lowest BCUT2D eigenvalue weighted by Crippen LogP contribution is -2.58. The highest BCUT2D eigenvalue weighted by molar-refractivity contribution is 5.31. The Hall–Kier alpha value is -1.80. The monoisotopic (exact) mass is 429 g/mol. The summed E-state index contributed by atoms with van der Waals surface area (Å²) in [5.41, 5.74) is 1.87. The summed E-state index contributed by atoms with van der Waals surface area (Å²) < 4.78 is 15.3. The van der Waals surface area contributed by atoms with E-state index in [0.717, 1.165) is 43.9 Å². The molecule has 1 atom stereocenters. The maximum atomic E-state index is 13.5. The Morgan fingerprint density at radius 2 is 1.97 bits per heavy atom. The maximum absolute atomic E-state index is 13.5. The van der Waals surface area contributed by atoms with Gasteiger partial charge in [0, 0.05) is 62.7 Å². The number of benzene rings is 1. The van der Waals surface area contributed by atoms with Crippen LogP contribution in [-0.4, -0.2) is 87.0 Å². The Morgan fingerprint density at radius 1 is 1.16 bits per heavy atom. The first-order valence-electron chi connectivity index (χ1n) is 11.7. The quantitative estimate of drug-likeness (QED) is 0.734. The first-order valence-corrected chi connectivity index (χ1v) is 11.7. The van der Waals surface area contributed by atoms with Gasteiger partial charge in [-0.15, -0.1) is 0 Å². The topological polar surface area (TPSA) is 47.8 Å². The summed E-state index contributed by atoms with van der Waals surface area (Å²) in [5.74, 6) is -0.253. The van der Waals surface area contributed by atoms with E-state index >= 15 is 0 Å². The molecule has 1 aromatic heterocycles. The molecule has 2 aliphatic heterocycles. The minimum Gasteiger partial charge on any atom is -0.396 e. The second-order valence-corrected chi connectivity index (χ2v) is 9.27. The third-order valence-corrected chi connectivity index (χ3v) is 6.89. The zero-order chi connectivity index (χ0) is 21.8. The standard InChI is InChI=1S/C24H36FN5O/c1-19(2)28-9-6-22(7-10-28)29-12-11-27(18-24(29)8-13-31)16-20-15-26-30(17-20)23-5-3-4-21(25)14-23/h3-5,14-15,17,19,22,24,31H,6-13,16,18H2,1-2H3/t24-/m1/s1. The van der Waals surface area contributed by atoms with Crippen LogP contribution in [0, 0.1) is 5.82 Å². The van der Waals surface area contributed by atoms with Gasteiger partial charge in [-0.2, -0.15) is 5.10 Å². The van der Waals surface area contributed by atoms with Gasteiger partial charge in [-0.05, 0) is 64.4 Å². The Kier molecular flexibility index (Phi) is 7.38. The van der Waals surface area contributed by atoms with Gasteiger partial charge >= 0.3 is 0 Å². The van der Waals surface area contributed by atoms with Gasteiger partial charge in [-0.1, -0.05) is 6.07 Å². The van der Waals surface area contributed by atoms with E-state index in [4.69, 9.17) is 0 Å². The molecule has 2 saturated heterocycles. The van der Waals surface area contributed by atoms with E-state index in [2.05, 4.69) is 33.6 Å². The molecule has 6 nitrogen and oxygen atoms in total. The molecule has 2 fully saturated rings. The van der Waals surface area contributed by atoms with Gasteiger partial charge < -0.3 is 10.0 Å². The van der Waals surface area contributed by atoms with Crippen LogP contribution < -0.4 is 0 Å². The van der Waals surface area contributed by atoms with Crippen molar-refractivity contribution in [3.63, 3.8) is 0 Å². The number of piperazine rings is 1. The number of halogens is 1. The average molecular weight is 430 g/mol. The van der Waals surface area contributed by atoms with Crippen LogP contribution in [0.3, 0.4) is 0 Å². The lowest BCUT2D eigenvalue weighted by molar-refractivity contribution is -0.0000323. The van der Waals surface area contributed by atoms with Crippen molar-refractivity contribution in [2.24, 2.45) is 0 Å². The van der Waals surface area contributed by atoms with Crippen molar-refractivity contribution in [3.05, 3.63) is 48.0 Å². The number of hydrogen-bond donors (Lipinski definition) is 1. The van der Waals surface area contributed by atoms with Crippen molar-refractivity contribution >= 4 is 0 Å². The molecule has 4 rings (SSSR count). The normalized spacial score (nSPS) is 22.4. The fourth-order valence-corrected chi connectivity index (χ4v) is 5.16. The summed E-state index contributed by atoms with van der Waals surface area (Å²) in [7, 11) is 0. The number of aliphatic hydroxyl groups excluding tert-OH is 1. The first kappa shape index (κ1) is 22.4. The zero-order valence-corrected chi connectivity index (χ0v) is 18.8. The Labute approximate surface area is 185 Å². The molecular formula is C24H36FN5O. The number of rotatable bonds is 7. The van der Waals surface area contributed by atoms with Crippen molar-refractivity contribution < 1.29 is 9.50 Å². The molecule has 0 bridgehead atoms. The number of piperidine rings is 1. The molecule has 0 saturated carbocycles. The summed E-state index contributed by atoms with van der Waals surface area (Å²) >= 11 is 0. The van der Waals surface area contributed by atoms with Crippen molar-refractivity contribution in [3.8, 4) is 5.69 Å². The minimum atomic E-state index is -0.253. The van der Waals surface area contributed by atoms with Crippen molar-refractivity contribution in [1.82, 2.24) is 24.5 Å². The minimum absolute atomic E-state index is 0.233. The fourth-order valence-electron chi connectivity index (χ4n) is 5.16. The summed E-state index contributed by atoms with van der Waals surface area (Å²) in [6.45, 7) is 11.0. The lowest BCUT2D eigenvalue weighted by Gasteiger charge is -2.48. The molecule has 0 amide bonds. The van der Waals surface area contributed by atoms with Gasteiger partial charge in [-0.25, -0.2) is 9.07 Å². The lowest BCUT2D eigenvalue weighted by atomic mass is 9.97. The Bertz CT molecular complexity index is 833. The largest absolute Gasteiger partial charge is 0.396 e. The van der Waals surface area contributed by atoms with E-state index in [0.29, 0.717) is 18.1 Å². The average Bonchev–Trinajstić information content (AvgIpc) is 3.23. The molecule has 0 radical (unpaired) electrons. The molecule has 0 unspecified atom stereocenters. The molecule has 7 heteroatoms. The van der Waals surface area contributed by atoms with Crippen LogP contribution in [0.1, 0.15) is 38.7 Å². The molecular weight excluding hydrogens is 393 g/mol. The SMILES string of the molecule is CC(C)N1CCC(N2CCN(Cc3cnn(-c4cccc(F)c4)c3)C[C@H]2CCO)CC1. The molecule has 0 spiro atoms. The fraction of sp³-hybridized carbons (Fsp3) is 0.625. The summed E-state index contributed by atoms with van der Waals surface area (Å²) in [5, 5.41) is 14.1. The molecule has 3 heterocycles. The Balaban J connectivity index is 1.36. The second kappa shape index (κ2) is 10.2. The van der Waals surface area contributed by atoms with Crippen LogP contribution in [0.4, 0.5) is 4.39 Å². The summed E-state index contributed by atoms with van der Waals surface area (Å²) in [6.07, 6.45) is 7.13. The molecule has 31 heavy (non-hydrogen) atoms. The van der Waals surface area contributed by atoms with E-state index in [9.17, 15) is 9.50 Å². The first-order chi connectivity index (χ1) is 15.0. The van der Waals surface area contributed by atoms with Gasteiger partial charge in [-0.3, -0.25) is 9.80 Å². The van der Waals surface area contributed by atoms with E-state index in [1.165, 1.54) is 38.1 Å². The summed E-state index contributed by atoms with van der Waals surface area (Å²) in [4.78, 5) is 7.71. The van der Waals surface area contributed by atoms with Gasteiger partial charge in [0.25, 0.3) is 0 Å². The van der Waals surface area contributed by atoms with Crippen LogP contribution in [0.2, 0.25) is 0 Å². The molecule has 1 aromatic carbocycles. The van der Waals surface area contributed by atoms with E-state index in [1.54, 1.807) is 10.7 Å². The highest BCUT2D eigenvalue weighted by Gasteiger charge is 2.33. The van der Waals surface area contributed by atoms with Gasteiger partial charge in [0.05, 0.1) is 11.9 Å². The molecule has 0 aliphatic carbocycles. The number of aliphatic hydroxyl groups is 1. The Morgan fingerprint density at radius 3 is 2.68 bits per heavy atom. The van der Waals surface area contributed by atoms with E-state index in [-0.39, 0.29) is 12.4 Å². The number of hydrogen-bond acceptors (Lipinski definition) is 5. The predicted molar refractivity (Wildman–Crippen MR) is 121 cm³/mol. The number of aromatic nitrogens is 2. The highest BCUT2D eigenvalue weighted by atomic mass is 19.1. The smallest absolute Gasteiger partial charge is 0.125 e. The van der Waals surface area contributed by atoms with Crippen LogP contribution in [0.5, 0.6) is 0 Å². The second-order valence-electron chi connectivity index (χ2n) is 9.27. The van der Waals surface area contributed by atoms with Crippen molar-refractivity contribution in [1.29, 1.82) is 0 Å². The molecule has 170 valence electrons. The predicted octanol–water partition coefficient (Wildman–Crippen LogP) is 2.75. The molecule has 2 aliphatic rings. The van der Waals surface area contributed by atoms with Gasteiger partial charge in [0.2, 0.25) is 0 Å².